The third-order valence-electron chi connectivity index (χ3n) is 4.42. The van der Waals surface area contributed by atoms with Crippen LogP contribution in [0.4, 0.5) is 5.69 Å². The van der Waals surface area contributed by atoms with Crippen molar-refractivity contribution in [3.05, 3.63) is 64.8 Å². The molecular weight excluding hydrogens is 432 g/mol. The number of aromatic nitrogens is 2. The van der Waals surface area contributed by atoms with Gasteiger partial charge in [-0.2, -0.15) is 4.98 Å². The van der Waals surface area contributed by atoms with Crippen molar-refractivity contribution in [2.75, 3.05) is 11.5 Å². The van der Waals surface area contributed by atoms with Gasteiger partial charge in [-0.3, -0.25) is 9.69 Å². The first-order valence-corrected chi connectivity index (χ1v) is 10.8. The van der Waals surface area contributed by atoms with Crippen LogP contribution in [0.5, 0.6) is 5.75 Å². The van der Waals surface area contributed by atoms with Gasteiger partial charge < -0.3 is 9.26 Å². The van der Waals surface area contributed by atoms with Crippen LogP contribution in [0.2, 0.25) is 5.02 Å². The summed E-state index contributed by atoms with van der Waals surface area (Å²) in [4.78, 5) is 17.7. The van der Waals surface area contributed by atoms with Crippen molar-refractivity contribution in [2.24, 2.45) is 0 Å². The van der Waals surface area contributed by atoms with E-state index in [1.165, 1.54) is 17.0 Å². The second-order valence-electron chi connectivity index (χ2n) is 6.56. The van der Waals surface area contributed by atoms with Crippen LogP contribution in [-0.2, 0) is 27.9 Å². The molecule has 1 aliphatic rings. The summed E-state index contributed by atoms with van der Waals surface area (Å²) in [7, 11) is -3.91. The van der Waals surface area contributed by atoms with Crippen LogP contribution in [0.15, 0.2) is 51.9 Å². The Balaban J connectivity index is 1.62. The first-order chi connectivity index (χ1) is 14.3. The van der Waals surface area contributed by atoms with Crippen molar-refractivity contribution in [1.29, 1.82) is 0 Å². The van der Waals surface area contributed by atoms with Crippen LogP contribution in [0.25, 0.3) is 0 Å². The van der Waals surface area contributed by atoms with E-state index >= 15 is 0 Å². The molecule has 0 saturated heterocycles. The van der Waals surface area contributed by atoms with E-state index in [0.717, 1.165) is 5.56 Å². The Labute approximate surface area is 177 Å². The molecule has 1 N–H and O–H groups in total. The molecule has 0 fully saturated rings. The van der Waals surface area contributed by atoms with Crippen LogP contribution in [0, 0.1) is 6.92 Å². The quantitative estimate of drug-likeness (QED) is 0.615. The fraction of sp³-hybridized carbons (Fsp3) is 0.211. The van der Waals surface area contributed by atoms with Gasteiger partial charge in [0.15, 0.2) is 12.4 Å². The van der Waals surface area contributed by atoms with Gasteiger partial charge in [-0.05, 0) is 11.6 Å². The van der Waals surface area contributed by atoms with Gasteiger partial charge in [0.1, 0.15) is 10.6 Å². The summed E-state index contributed by atoms with van der Waals surface area (Å²) in [6, 6.07) is 11.8. The van der Waals surface area contributed by atoms with E-state index in [-0.39, 0.29) is 41.3 Å². The van der Waals surface area contributed by atoms with Crippen molar-refractivity contribution < 1.29 is 22.5 Å². The minimum Gasteiger partial charge on any atom is -0.482 e. The molecule has 0 radical (unpaired) electrons. The monoisotopic (exact) mass is 448 g/mol. The second-order valence-corrected chi connectivity index (χ2v) is 8.70. The van der Waals surface area contributed by atoms with Crippen LogP contribution >= 0.6 is 11.6 Å². The predicted octanol–water partition coefficient (Wildman–Crippen LogP) is 2.44. The Morgan fingerprint density at radius 2 is 2.00 bits per heavy atom. The summed E-state index contributed by atoms with van der Waals surface area (Å²) in [5.74, 6) is 0.569. The summed E-state index contributed by atoms with van der Waals surface area (Å²) in [6.45, 7) is 1.55. The molecule has 2 aromatic carbocycles. The smallest absolute Gasteiger partial charge is 0.265 e. The maximum absolute atomic E-state index is 12.8. The Bertz CT molecular complexity index is 1200. The normalized spacial score (nSPS) is 13.8. The molecule has 0 atom stereocenters. The van der Waals surface area contributed by atoms with E-state index in [1.54, 1.807) is 6.92 Å². The first-order valence-electron chi connectivity index (χ1n) is 8.93. The summed E-state index contributed by atoms with van der Waals surface area (Å²) in [5, 5.41) is 3.75. The number of ether oxygens (including phenoxy) is 1. The third-order valence-corrected chi connectivity index (χ3v) is 6.29. The molecule has 0 bridgehead atoms. The van der Waals surface area contributed by atoms with Gasteiger partial charge in [0.2, 0.25) is 15.9 Å². The van der Waals surface area contributed by atoms with Gasteiger partial charge in [0, 0.05) is 19.5 Å². The summed E-state index contributed by atoms with van der Waals surface area (Å²) in [6.07, 6.45) is 0. The lowest BCUT2D eigenvalue weighted by Gasteiger charge is -2.29. The SMILES string of the molecule is Cc1nc(CN2C(=O)COc3cc(S(=O)(=O)NCc4ccccc4)c(Cl)cc32)no1. The molecule has 3 aromatic rings. The highest BCUT2D eigenvalue weighted by Gasteiger charge is 2.30. The number of halogens is 1. The van der Waals surface area contributed by atoms with E-state index in [1.807, 2.05) is 30.3 Å². The van der Waals surface area contributed by atoms with Crippen molar-refractivity contribution in [3.63, 3.8) is 0 Å². The average Bonchev–Trinajstić information content (AvgIpc) is 3.14. The Kier molecular flexibility index (Phi) is 5.46. The van der Waals surface area contributed by atoms with Gasteiger partial charge in [-0.1, -0.05) is 47.1 Å². The maximum atomic E-state index is 12.8. The van der Waals surface area contributed by atoms with Crippen LogP contribution in [0.1, 0.15) is 17.3 Å². The van der Waals surface area contributed by atoms with E-state index in [0.29, 0.717) is 17.4 Å². The summed E-state index contributed by atoms with van der Waals surface area (Å²) in [5.41, 5.74) is 1.14. The zero-order valence-corrected chi connectivity index (χ0v) is 17.4. The fourth-order valence-corrected chi connectivity index (χ4v) is 4.53. The minimum atomic E-state index is -3.91. The lowest BCUT2D eigenvalue weighted by atomic mass is 10.2. The Hall–Kier alpha value is -2.95. The lowest BCUT2D eigenvalue weighted by molar-refractivity contribution is -0.121. The molecule has 11 heteroatoms. The number of anilines is 1. The van der Waals surface area contributed by atoms with E-state index in [9.17, 15) is 13.2 Å². The molecule has 4 rings (SSSR count). The molecule has 0 saturated carbocycles. The molecule has 9 nitrogen and oxygen atoms in total. The molecule has 1 aliphatic heterocycles. The molecule has 0 aliphatic carbocycles. The maximum Gasteiger partial charge on any atom is 0.265 e. The van der Waals surface area contributed by atoms with Crippen LogP contribution in [0.3, 0.4) is 0 Å². The Morgan fingerprint density at radius 1 is 1.23 bits per heavy atom. The number of fused-ring (bicyclic) bond motifs is 1. The van der Waals surface area contributed by atoms with E-state index in [2.05, 4.69) is 14.9 Å². The van der Waals surface area contributed by atoms with Crippen LogP contribution < -0.4 is 14.4 Å². The number of carbonyl (C=O) groups is 1. The van der Waals surface area contributed by atoms with E-state index in [4.69, 9.17) is 20.9 Å². The second kappa shape index (κ2) is 8.05. The molecule has 1 aromatic heterocycles. The zero-order chi connectivity index (χ0) is 21.3. The number of amides is 1. The number of hydrogen-bond donors (Lipinski definition) is 1. The number of carbonyl (C=O) groups excluding carboxylic acids is 1. The number of benzene rings is 2. The highest BCUT2D eigenvalue weighted by molar-refractivity contribution is 7.89. The van der Waals surface area contributed by atoms with Gasteiger partial charge in [-0.15, -0.1) is 0 Å². The third kappa shape index (κ3) is 4.16. The van der Waals surface area contributed by atoms with Crippen molar-refractivity contribution >= 4 is 33.2 Å². The topological polar surface area (TPSA) is 115 Å². The van der Waals surface area contributed by atoms with Crippen molar-refractivity contribution in [1.82, 2.24) is 14.9 Å². The first kappa shape index (κ1) is 20.3. The van der Waals surface area contributed by atoms with Crippen LogP contribution in [-0.4, -0.2) is 31.1 Å². The predicted molar refractivity (Wildman–Crippen MR) is 108 cm³/mol. The van der Waals surface area contributed by atoms with Gasteiger partial charge in [0.05, 0.1) is 17.3 Å². The van der Waals surface area contributed by atoms with Crippen molar-refractivity contribution in [2.45, 2.75) is 24.9 Å². The highest BCUT2D eigenvalue weighted by atomic mass is 35.5. The van der Waals surface area contributed by atoms with E-state index < -0.39 is 10.0 Å². The fourth-order valence-electron chi connectivity index (χ4n) is 2.98. The Morgan fingerprint density at radius 3 is 2.70 bits per heavy atom. The van der Waals surface area contributed by atoms with Crippen molar-refractivity contribution in [3.8, 4) is 5.75 Å². The number of rotatable bonds is 6. The molecular formula is C19H17ClN4O5S. The largest absolute Gasteiger partial charge is 0.482 e. The number of hydrogen-bond acceptors (Lipinski definition) is 7. The average molecular weight is 449 g/mol. The molecule has 30 heavy (non-hydrogen) atoms. The molecule has 1 amide bonds. The number of sulfonamides is 1. The standard InChI is InChI=1S/C19H17ClN4O5S/c1-12-22-18(23-29-12)10-24-15-7-14(20)17(8-16(15)28-11-19(24)25)30(26,27)21-9-13-5-3-2-4-6-13/h2-8,21H,9-11H2,1H3. The minimum absolute atomic E-state index is 0.0399. The summed E-state index contributed by atoms with van der Waals surface area (Å²) < 4.78 is 38.5. The van der Waals surface area contributed by atoms with Gasteiger partial charge >= 0.3 is 0 Å². The van der Waals surface area contributed by atoms with Gasteiger partial charge in [0.25, 0.3) is 5.91 Å². The zero-order valence-electron chi connectivity index (χ0n) is 15.8. The number of nitrogens with one attached hydrogen (secondary N) is 1. The molecule has 156 valence electrons. The lowest BCUT2D eigenvalue weighted by Crippen LogP contribution is -2.38. The van der Waals surface area contributed by atoms with Gasteiger partial charge in [-0.25, -0.2) is 13.1 Å². The molecule has 0 spiro atoms. The number of aryl methyl sites for hydroxylation is 1. The summed E-state index contributed by atoms with van der Waals surface area (Å²) >= 11 is 6.29. The highest BCUT2D eigenvalue weighted by Crippen LogP contribution is 2.39. The number of nitrogens with zero attached hydrogens (tertiary/aromatic N) is 3. The molecule has 0 unspecified atom stereocenters. The molecule has 2 heterocycles.